The van der Waals surface area contributed by atoms with E-state index in [4.69, 9.17) is 23.2 Å². The summed E-state index contributed by atoms with van der Waals surface area (Å²) in [5.41, 5.74) is 2.49. The summed E-state index contributed by atoms with van der Waals surface area (Å²) in [5.74, 6) is -0.765. The van der Waals surface area contributed by atoms with Crippen LogP contribution in [-0.2, 0) is 32.6 Å². The van der Waals surface area contributed by atoms with Crippen LogP contribution in [0, 0.1) is 12.8 Å². The molecule has 0 aliphatic heterocycles. The van der Waals surface area contributed by atoms with Crippen LogP contribution < -0.4 is 9.62 Å². The van der Waals surface area contributed by atoms with Crippen LogP contribution in [-0.4, -0.2) is 44.3 Å². The summed E-state index contributed by atoms with van der Waals surface area (Å²) < 4.78 is 29.3. The minimum Gasteiger partial charge on any atom is -0.354 e. The van der Waals surface area contributed by atoms with Gasteiger partial charge >= 0.3 is 0 Å². The van der Waals surface area contributed by atoms with Crippen molar-refractivity contribution in [1.82, 2.24) is 10.2 Å². The summed E-state index contributed by atoms with van der Waals surface area (Å²) in [6, 6.07) is 28.3. The maximum absolute atomic E-state index is 14.5. The van der Waals surface area contributed by atoms with Gasteiger partial charge in [-0.05, 0) is 54.3 Å². The number of para-hydroxylation sites is 1. The van der Waals surface area contributed by atoms with Crippen LogP contribution in [0.3, 0.4) is 0 Å². The lowest BCUT2D eigenvalue weighted by atomic mass is 10.0. The number of hydrogen-bond donors (Lipinski definition) is 1. The standard InChI is InChI=1S/C35H37Cl2N3O4S/c1-25(2)22-38-35(42)33(21-27-11-5-4-6-12-27)39(23-28-13-7-8-14-30(28)36)34(41)24-40(32-16-10-9-15-31(32)37)45(43,44)29-19-17-26(3)18-20-29/h4-20,25,33H,21-24H2,1-3H3,(H,38,42). The Hall–Kier alpha value is -3.85. The van der Waals surface area contributed by atoms with E-state index in [-0.39, 0.29) is 40.4 Å². The van der Waals surface area contributed by atoms with Crippen molar-refractivity contribution in [2.75, 3.05) is 17.4 Å². The monoisotopic (exact) mass is 665 g/mol. The van der Waals surface area contributed by atoms with Crippen molar-refractivity contribution >= 4 is 50.7 Å². The average Bonchev–Trinajstić information content (AvgIpc) is 3.02. The molecule has 0 radical (unpaired) electrons. The van der Waals surface area contributed by atoms with Gasteiger partial charge in [-0.1, -0.05) is 115 Å². The Kier molecular flexibility index (Phi) is 11.7. The molecule has 45 heavy (non-hydrogen) atoms. The highest BCUT2D eigenvalue weighted by molar-refractivity contribution is 7.92. The van der Waals surface area contributed by atoms with Crippen molar-refractivity contribution in [2.45, 2.75) is 44.7 Å². The number of nitrogens with zero attached hydrogens (tertiary/aromatic N) is 2. The molecule has 0 saturated carbocycles. The fourth-order valence-electron chi connectivity index (χ4n) is 4.79. The van der Waals surface area contributed by atoms with Gasteiger partial charge in [-0.2, -0.15) is 0 Å². The Morgan fingerprint density at radius 3 is 2.02 bits per heavy atom. The number of amides is 2. The fraction of sp³-hybridized carbons (Fsp3) is 0.257. The van der Waals surface area contributed by atoms with E-state index >= 15 is 0 Å². The SMILES string of the molecule is Cc1ccc(S(=O)(=O)N(CC(=O)N(Cc2ccccc2Cl)C(Cc2ccccc2)C(=O)NCC(C)C)c2ccccc2Cl)cc1. The predicted molar refractivity (Wildman–Crippen MR) is 181 cm³/mol. The first-order valence-electron chi connectivity index (χ1n) is 14.7. The number of sulfonamides is 1. The quantitative estimate of drug-likeness (QED) is 0.168. The molecule has 0 aliphatic carbocycles. The zero-order chi connectivity index (χ0) is 32.6. The van der Waals surface area contributed by atoms with Crippen LogP contribution in [0.1, 0.15) is 30.5 Å². The molecule has 0 saturated heterocycles. The van der Waals surface area contributed by atoms with Gasteiger partial charge < -0.3 is 10.2 Å². The maximum Gasteiger partial charge on any atom is 0.264 e. The number of anilines is 1. The molecule has 236 valence electrons. The van der Waals surface area contributed by atoms with Crippen molar-refractivity contribution in [2.24, 2.45) is 5.92 Å². The smallest absolute Gasteiger partial charge is 0.264 e. The lowest BCUT2D eigenvalue weighted by molar-refractivity contribution is -0.140. The number of nitrogens with one attached hydrogen (secondary N) is 1. The van der Waals surface area contributed by atoms with Crippen LogP contribution in [0.25, 0.3) is 0 Å². The highest BCUT2D eigenvalue weighted by Gasteiger charge is 2.35. The zero-order valence-electron chi connectivity index (χ0n) is 25.5. The first kappa shape index (κ1) is 34.0. The van der Waals surface area contributed by atoms with Crippen molar-refractivity contribution in [3.05, 3.63) is 130 Å². The third kappa shape index (κ3) is 8.87. The van der Waals surface area contributed by atoms with Crippen molar-refractivity contribution < 1.29 is 18.0 Å². The number of carbonyl (C=O) groups excluding carboxylic acids is 2. The Bertz CT molecular complexity index is 1710. The molecule has 1 atom stereocenters. The largest absolute Gasteiger partial charge is 0.354 e. The van der Waals surface area contributed by atoms with Crippen LogP contribution in [0.2, 0.25) is 10.0 Å². The first-order valence-corrected chi connectivity index (χ1v) is 16.9. The van der Waals surface area contributed by atoms with E-state index in [0.717, 1.165) is 15.4 Å². The Morgan fingerprint density at radius 1 is 0.800 bits per heavy atom. The highest BCUT2D eigenvalue weighted by atomic mass is 35.5. The summed E-state index contributed by atoms with van der Waals surface area (Å²) >= 11 is 13.1. The van der Waals surface area contributed by atoms with Gasteiger partial charge in [0.2, 0.25) is 11.8 Å². The van der Waals surface area contributed by atoms with E-state index in [1.54, 1.807) is 60.7 Å². The lowest BCUT2D eigenvalue weighted by Crippen LogP contribution is -2.53. The second-order valence-electron chi connectivity index (χ2n) is 11.2. The molecule has 0 heterocycles. The van der Waals surface area contributed by atoms with E-state index in [2.05, 4.69) is 5.32 Å². The number of carbonyl (C=O) groups is 2. The Morgan fingerprint density at radius 2 is 1.40 bits per heavy atom. The third-order valence-electron chi connectivity index (χ3n) is 7.26. The minimum atomic E-state index is -4.25. The topological polar surface area (TPSA) is 86.8 Å². The van der Waals surface area contributed by atoms with Gasteiger partial charge in [-0.15, -0.1) is 0 Å². The molecule has 4 rings (SSSR count). The highest BCUT2D eigenvalue weighted by Crippen LogP contribution is 2.31. The van der Waals surface area contributed by atoms with Gasteiger partial charge in [0.1, 0.15) is 12.6 Å². The lowest BCUT2D eigenvalue weighted by Gasteiger charge is -2.34. The molecule has 0 fully saturated rings. The van der Waals surface area contributed by atoms with Crippen LogP contribution in [0.4, 0.5) is 5.69 Å². The van der Waals surface area contributed by atoms with Gasteiger partial charge in [0, 0.05) is 24.5 Å². The molecule has 4 aromatic rings. The fourth-order valence-corrected chi connectivity index (χ4v) is 6.71. The number of rotatable bonds is 13. The van der Waals surface area contributed by atoms with Crippen LogP contribution in [0.5, 0.6) is 0 Å². The summed E-state index contributed by atoms with van der Waals surface area (Å²) in [5, 5.41) is 3.56. The second kappa shape index (κ2) is 15.4. The summed E-state index contributed by atoms with van der Waals surface area (Å²) in [6.45, 7) is 5.60. The predicted octanol–water partition coefficient (Wildman–Crippen LogP) is 6.91. The van der Waals surface area contributed by atoms with Gasteiger partial charge in [0.25, 0.3) is 10.0 Å². The van der Waals surface area contributed by atoms with Crippen molar-refractivity contribution in [3.8, 4) is 0 Å². The summed E-state index contributed by atoms with van der Waals surface area (Å²) in [7, 11) is -4.25. The molecular formula is C35H37Cl2N3O4S. The number of halogens is 2. The van der Waals surface area contributed by atoms with Crippen LogP contribution >= 0.6 is 23.2 Å². The Labute approximate surface area is 275 Å². The molecule has 2 amide bonds. The van der Waals surface area contributed by atoms with Gasteiger partial charge in [0.15, 0.2) is 0 Å². The van der Waals surface area contributed by atoms with Crippen molar-refractivity contribution in [3.63, 3.8) is 0 Å². The van der Waals surface area contributed by atoms with Crippen molar-refractivity contribution in [1.29, 1.82) is 0 Å². The molecule has 7 nitrogen and oxygen atoms in total. The molecule has 10 heteroatoms. The zero-order valence-corrected chi connectivity index (χ0v) is 27.8. The second-order valence-corrected chi connectivity index (χ2v) is 13.9. The first-order chi connectivity index (χ1) is 21.5. The molecule has 0 spiro atoms. The third-order valence-corrected chi connectivity index (χ3v) is 9.73. The van der Waals surface area contributed by atoms with E-state index in [0.29, 0.717) is 17.1 Å². The molecule has 0 aromatic heterocycles. The molecule has 0 bridgehead atoms. The molecule has 4 aromatic carbocycles. The number of aryl methyl sites for hydroxylation is 1. The number of hydrogen-bond acceptors (Lipinski definition) is 4. The molecule has 0 aliphatic rings. The Balaban J connectivity index is 1.81. The normalized spacial score (nSPS) is 12.0. The van der Waals surface area contributed by atoms with Gasteiger partial charge in [-0.3, -0.25) is 13.9 Å². The molecular weight excluding hydrogens is 629 g/mol. The van der Waals surface area contributed by atoms with Gasteiger partial charge in [0.05, 0.1) is 15.6 Å². The molecule has 1 unspecified atom stereocenters. The summed E-state index contributed by atoms with van der Waals surface area (Å²) in [6.07, 6.45) is 0.206. The van der Waals surface area contributed by atoms with E-state index < -0.39 is 28.5 Å². The summed E-state index contributed by atoms with van der Waals surface area (Å²) in [4.78, 5) is 29.8. The van der Waals surface area contributed by atoms with E-state index in [1.807, 2.05) is 51.1 Å². The molecule has 1 N–H and O–H groups in total. The number of benzene rings is 4. The van der Waals surface area contributed by atoms with Gasteiger partial charge in [-0.25, -0.2) is 8.42 Å². The van der Waals surface area contributed by atoms with E-state index in [1.165, 1.54) is 17.0 Å². The maximum atomic E-state index is 14.5. The van der Waals surface area contributed by atoms with E-state index in [9.17, 15) is 18.0 Å². The van der Waals surface area contributed by atoms with Crippen LogP contribution in [0.15, 0.2) is 108 Å². The average molecular weight is 667 g/mol. The minimum absolute atomic E-state index is 0.00832.